The Hall–Kier alpha value is -4.90. The first-order valence-electron chi connectivity index (χ1n) is 12.7. The maximum absolute atomic E-state index is 11.8. The Morgan fingerprint density at radius 1 is 0.667 bits per heavy atom. The van der Waals surface area contributed by atoms with Crippen molar-refractivity contribution in [2.24, 2.45) is 0 Å². The Balaban J connectivity index is 1.17. The molecule has 5 nitrogen and oxygen atoms in total. The van der Waals surface area contributed by atoms with Gasteiger partial charge in [-0.3, -0.25) is 0 Å². The summed E-state index contributed by atoms with van der Waals surface area (Å²) in [5, 5.41) is 2.02. The maximum atomic E-state index is 11.8. The summed E-state index contributed by atoms with van der Waals surface area (Å²) in [5.74, 6) is -0.179. The molecule has 39 heavy (non-hydrogen) atoms. The molecule has 0 aliphatic carbocycles. The van der Waals surface area contributed by atoms with Gasteiger partial charge in [0, 0.05) is 16.2 Å². The Bertz CT molecular complexity index is 1860. The van der Waals surface area contributed by atoms with Crippen molar-refractivity contribution in [3.05, 3.63) is 129 Å². The van der Waals surface area contributed by atoms with Crippen LogP contribution in [0, 0.1) is 0 Å². The first kappa shape index (κ1) is 24.4. The van der Waals surface area contributed by atoms with Gasteiger partial charge >= 0.3 is 11.9 Å². The van der Waals surface area contributed by atoms with Crippen LogP contribution in [0.1, 0.15) is 56.8 Å². The van der Waals surface area contributed by atoms with Gasteiger partial charge in [-0.05, 0) is 65.1 Å². The molecule has 0 spiro atoms. The summed E-state index contributed by atoms with van der Waals surface area (Å²) in [7, 11) is 0. The van der Waals surface area contributed by atoms with E-state index < -0.39 is 11.9 Å². The Morgan fingerprint density at radius 3 is 1.97 bits per heavy atom. The molecule has 0 fully saturated rings. The number of carbonyl (C=O) groups is 2. The summed E-state index contributed by atoms with van der Waals surface area (Å²) < 4.78 is 16.2. The van der Waals surface area contributed by atoms with Crippen molar-refractivity contribution in [1.29, 1.82) is 0 Å². The van der Waals surface area contributed by atoms with Crippen LogP contribution in [0.15, 0.2) is 89.3 Å². The van der Waals surface area contributed by atoms with Gasteiger partial charge in [0.25, 0.3) is 0 Å². The van der Waals surface area contributed by atoms with Gasteiger partial charge in [-0.25, -0.2) is 9.59 Å². The molecule has 5 heteroatoms. The predicted molar refractivity (Wildman–Crippen MR) is 151 cm³/mol. The van der Waals surface area contributed by atoms with Gasteiger partial charge in [0.15, 0.2) is 0 Å². The van der Waals surface area contributed by atoms with Gasteiger partial charge in [-0.15, -0.1) is 0 Å². The first-order valence-corrected chi connectivity index (χ1v) is 12.7. The molecule has 0 bridgehead atoms. The van der Waals surface area contributed by atoms with Crippen molar-refractivity contribution < 1.29 is 23.5 Å². The summed E-state index contributed by atoms with van der Waals surface area (Å²) in [5.41, 5.74) is 6.33. The van der Waals surface area contributed by atoms with Crippen molar-refractivity contribution >= 4 is 35.9 Å². The van der Waals surface area contributed by atoms with E-state index in [4.69, 9.17) is 9.15 Å². The van der Waals surface area contributed by atoms with E-state index in [1.807, 2.05) is 24.3 Å². The molecule has 6 rings (SSSR count). The molecular formula is C34H26O5. The van der Waals surface area contributed by atoms with Gasteiger partial charge in [0.1, 0.15) is 22.3 Å². The number of esters is 2. The largest absolute Gasteiger partial charge is 0.457 e. The SMILES string of the molecule is C=c1oc(=C)c2cc(Cc3ccc(C(C)(C)c4ccc(Oc5ccc6c(c5)C(=O)OC6=O)cc4)cc3)ccc12. The van der Waals surface area contributed by atoms with Crippen LogP contribution in [-0.2, 0) is 16.6 Å². The molecule has 0 amide bonds. The van der Waals surface area contributed by atoms with E-state index in [1.54, 1.807) is 12.1 Å². The molecule has 1 aromatic heterocycles. The van der Waals surface area contributed by atoms with E-state index >= 15 is 0 Å². The highest BCUT2D eigenvalue weighted by molar-refractivity contribution is 6.14. The molecule has 1 aliphatic rings. The van der Waals surface area contributed by atoms with Crippen molar-refractivity contribution in [3.8, 4) is 11.5 Å². The van der Waals surface area contributed by atoms with Crippen LogP contribution in [0.25, 0.3) is 23.9 Å². The average Bonchev–Trinajstić information content (AvgIpc) is 3.37. The second-order valence-corrected chi connectivity index (χ2v) is 10.3. The smallest absolute Gasteiger partial charge is 0.347 e. The Labute approximate surface area is 225 Å². The van der Waals surface area contributed by atoms with Gasteiger partial charge in [0.2, 0.25) is 0 Å². The minimum atomic E-state index is -0.650. The molecule has 0 radical (unpaired) electrons. The number of ether oxygens (including phenoxy) is 2. The highest BCUT2D eigenvalue weighted by Crippen LogP contribution is 2.34. The molecule has 0 unspecified atom stereocenters. The molecule has 0 N–H and O–H groups in total. The third kappa shape index (κ3) is 4.42. The number of fused-ring (bicyclic) bond motifs is 2. The van der Waals surface area contributed by atoms with E-state index in [1.165, 1.54) is 22.8 Å². The highest BCUT2D eigenvalue weighted by atomic mass is 16.6. The van der Waals surface area contributed by atoms with Gasteiger partial charge in [-0.2, -0.15) is 0 Å². The molecule has 0 saturated heterocycles. The standard InChI is InChI=1S/C34H26O5/c1-20-28-15-7-23(18-30(28)21(2)37-20)17-22-5-8-24(9-6-22)34(3,4)25-10-12-26(13-11-25)38-27-14-16-29-31(19-27)33(36)39-32(29)35/h5-16,18-19H,1-2,17H2,3-4H3. The van der Waals surface area contributed by atoms with Crippen LogP contribution in [-0.4, -0.2) is 11.9 Å². The maximum Gasteiger partial charge on any atom is 0.347 e. The van der Waals surface area contributed by atoms with Crippen molar-refractivity contribution in [2.75, 3.05) is 0 Å². The molecule has 0 saturated carbocycles. The van der Waals surface area contributed by atoms with Crippen LogP contribution in [0.3, 0.4) is 0 Å². The topological polar surface area (TPSA) is 65.7 Å². The summed E-state index contributed by atoms with van der Waals surface area (Å²) in [6, 6.07) is 27.6. The second-order valence-electron chi connectivity index (χ2n) is 10.3. The lowest BCUT2D eigenvalue weighted by Gasteiger charge is -2.26. The lowest BCUT2D eigenvalue weighted by Crippen LogP contribution is -2.18. The van der Waals surface area contributed by atoms with E-state index in [9.17, 15) is 9.59 Å². The lowest BCUT2D eigenvalue weighted by molar-refractivity contribution is 0.0443. The van der Waals surface area contributed by atoms with Crippen LogP contribution in [0.2, 0.25) is 0 Å². The van der Waals surface area contributed by atoms with Crippen LogP contribution >= 0.6 is 0 Å². The normalized spacial score (nSPS) is 13.0. The van der Waals surface area contributed by atoms with E-state index in [0.717, 1.165) is 22.8 Å². The second kappa shape index (κ2) is 9.14. The number of hydrogen-bond donors (Lipinski definition) is 0. The van der Waals surface area contributed by atoms with Gasteiger partial charge < -0.3 is 13.9 Å². The molecule has 192 valence electrons. The molecule has 5 aromatic rings. The number of hydrogen-bond acceptors (Lipinski definition) is 5. The van der Waals surface area contributed by atoms with Gasteiger partial charge in [0.05, 0.1) is 11.1 Å². The molecule has 4 aromatic carbocycles. The number of rotatable bonds is 6. The summed E-state index contributed by atoms with van der Waals surface area (Å²) in [6.45, 7) is 12.3. The predicted octanol–water partition coefficient (Wildman–Crippen LogP) is 6.27. The van der Waals surface area contributed by atoms with Crippen LogP contribution in [0.4, 0.5) is 0 Å². The minimum Gasteiger partial charge on any atom is -0.457 e. The first-order chi connectivity index (χ1) is 18.7. The zero-order valence-corrected chi connectivity index (χ0v) is 21.7. The van der Waals surface area contributed by atoms with Crippen molar-refractivity contribution in [1.82, 2.24) is 0 Å². The third-order valence-corrected chi connectivity index (χ3v) is 7.44. The van der Waals surface area contributed by atoms with Gasteiger partial charge in [-0.1, -0.05) is 75.5 Å². The fourth-order valence-electron chi connectivity index (χ4n) is 5.08. The van der Waals surface area contributed by atoms with E-state index in [0.29, 0.717) is 22.3 Å². The Morgan fingerprint density at radius 2 is 1.26 bits per heavy atom. The van der Waals surface area contributed by atoms with Crippen LogP contribution < -0.4 is 15.6 Å². The fraction of sp³-hybridized carbons (Fsp3) is 0.118. The van der Waals surface area contributed by atoms with Crippen molar-refractivity contribution in [2.45, 2.75) is 25.7 Å². The molecule has 2 heterocycles. The fourth-order valence-corrected chi connectivity index (χ4v) is 5.08. The average molecular weight is 515 g/mol. The Kier molecular flexibility index (Phi) is 5.72. The minimum absolute atomic E-state index is 0.222. The van der Waals surface area contributed by atoms with E-state index in [-0.39, 0.29) is 16.5 Å². The summed E-state index contributed by atoms with van der Waals surface area (Å²) in [6.07, 6.45) is 0.814. The lowest BCUT2D eigenvalue weighted by atomic mass is 9.78. The number of furan rings is 1. The number of carbonyl (C=O) groups excluding carboxylic acids is 2. The zero-order valence-electron chi connectivity index (χ0n) is 21.7. The third-order valence-electron chi connectivity index (χ3n) is 7.44. The van der Waals surface area contributed by atoms with Crippen molar-refractivity contribution in [3.63, 3.8) is 0 Å². The van der Waals surface area contributed by atoms with Crippen LogP contribution in [0.5, 0.6) is 11.5 Å². The molecular weight excluding hydrogens is 488 g/mol. The quantitative estimate of drug-likeness (QED) is 0.197. The highest BCUT2D eigenvalue weighted by Gasteiger charge is 2.30. The monoisotopic (exact) mass is 514 g/mol. The van der Waals surface area contributed by atoms with E-state index in [2.05, 4.69) is 74.2 Å². The number of benzene rings is 4. The molecule has 1 aliphatic heterocycles. The molecule has 0 atom stereocenters. The summed E-state index contributed by atoms with van der Waals surface area (Å²) in [4.78, 5) is 23.5. The number of cyclic esters (lactones) is 2. The zero-order chi connectivity index (χ0) is 27.3. The summed E-state index contributed by atoms with van der Waals surface area (Å²) >= 11 is 0.